The van der Waals surface area contributed by atoms with E-state index in [1.54, 1.807) is 0 Å². The molecule has 0 spiro atoms. The Morgan fingerprint density at radius 1 is 1.35 bits per heavy atom. The zero-order chi connectivity index (χ0) is 12.3. The molecule has 1 heterocycles. The van der Waals surface area contributed by atoms with E-state index in [0.29, 0.717) is 6.04 Å². The predicted molar refractivity (Wildman–Crippen MR) is 78.7 cm³/mol. The van der Waals surface area contributed by atoms with Gasteiger partial charge in [0, 0.05) is 21.8 Å². The average Bonchev–Trinajstić information content (AvgIpc) is 2.79. The molecule has 17 heavy (non-hydrogen) atoms. The molecule has 0 aliphatic heterocycles. The van der Waals surface area contributed by atoms with Crippen LogP contribution in [0.25, 0.3) is 0 Å². The highest BCUT2D eigenvalue weighted by molar-refractivity contribution is 9.10. The summed E-state index contributed by atoms with van der Waals surface area (Å²) in [5, 5.41) is 5.54. The summed E-state index contributed by atoms with van der Waals surface area (Å²) in [4.78, 5) is 1.42. The zero-order valence-corrected chi connectivity index (χ0v) is 12.4. The second-order valence-electron chi connectivity index (χ2n) is 4.13. The second-order valence-corrected chi connectivity index (χ2v) is 6.07. The van der Waals surface area contributed by atoms with Crippen molar-refractivity contribution in [2.75, 3.05) is 7.05 Å². The van der Waals surface area contributed by atoms with Crippen molar-refractivity contribution in [1.82, 2.24) is 5.32 Å². The predicted octanol–water partition coefficient (Wildman–Crippen LogP) is 4.32. The number of hydrogen-bond acceptors (Lipinski definition) is 2. The van der Waals surface area contributed by atoms with Crippen molar-refractivity contribution in [2.45, 2.75) is 19.4 Å². The van der Waals surface area contributed by atoms with Crippen LogP contribution in [0.4, 0.5) is 0 Å². The summed E-state index contributed by atoms with van der Waals surface area (Å²) in [5.74, 6) is 0. The van der Waals surface area contributed by atoms with Gasteiger partial charge in [0.15, 0.2) is 0 Å². The van der Waals surface area contributed by atoms with Crippen LogP contribution in [0.3, 0.4) is 0 Å². The van der Waals surface area contributed by atoms with Gasteiger partial charge in [0.2, 0.25) is 0 Å². The summed E-state index contributed by atoms with van der Waals surface area (Å²) in [6.07, 6.45) is 1.05. The van der Waals surface area contributed by atoms with Crippen LogP contribution < -0.4 is 5.32 Å². The Hall–Kier alpha value is -0.640. The van der Waals surface area contributed by atoms with Gasteiger partial charge in [-0.15, -0.1) is 11.3 Å². The van der Waals surface area contributed by atoms with Gasteiger partial charge in [0.25, 0.3) is 0 Å². The highest BCUT2D eigenvalue weighted by Crippen LogP contribution is 2.25. The average molecular weight is 310 g/mol. The van der Waals surface area contributed by atoms with Gasteiger partial charge >= 0.3 is 0 Å². The molecule has 1 N–H and O–H groups in total. The molecule has 1 aromatic carbocycles. The Kier molecular flexibility index (Phi) is 4.37. The molecule has 3 heteroatoms. The minimum absolute atomic E-state index is 0.391. The van der Waals surface area contributed by atoms with Gasteiger partial charge in [-0.2, -0.15) is 0 Å². The van der Waals surface area contributed by atoms with Crippen molar-refractivity contribution in [2.24, 2.45) is 0 Å². The summed E-state index contributed by atoms with van der Waals surface area (Å²) in [6, 6.07) is 11.2. The van der Waals surface area contributed by atoms with Gasteiger partial charge in [0.1, 0.15) is 0 Å². The van der Waals surface area contributed by atoms with Gasteiger partial charge in [-0.05, 0) is 48.7 Å². The summed E-state index contributed by atoms with van der Waals surface area (Å²) in [5.41, 5.74) is 2.71. The fourth-order valence-corrected chi connectivity index (χ4v) is 3.26. The van der Waals surface area contributed by atoms with E-state index in [2.05, 4.69) is 63.9 Å². The van der Waals surface area contributed by atoms with E-state index in [1.165, 1.54) is 16.0 Å². The molecule has 0 saturated heterocycles. The molecule has 0 aliphatic carbocycles. The standard InChI is InChI=1S/C14H16BrNS/c1-10-8-11(15)5-6-13(10)14(16-2)9-12-4-3-7-17-12/h3-8,14,16H,9H2,1-2H3. The van der Waals surface area contributed by atoms with Gasteiger partial charge in [0.05, 0.1) is 0 Å². The number of thiophene rings is 1. The third-order valence-electron chi connectivity index (χ3n) is 2.94. The molecule has 2 rings (SSSR count). The fraction of sp³-hybridized carbons (Fsp3) is 0.286. The third kappa shape index (κ3) is 3.18. The number of benzene rings is 1. The lowest BCUT2D eigenvalue weighted by atomic mass is 9.98. The first-order valence-corrected chi connectivity index (χ1v) is 7.33. The highest BCUT2D eigenvalue weighted by Gasteiger charge is 2.13. The zero-order valence-electron chi connectivity index (χ0n) is 10.0. The van der Waals surface area contributed by atoms with E-state index >= 15 is 0 Å². The summed E-state index contributed by atoms with van der Waals surface area (Å²) in [6.45, 7) is 2.17. The SMILES string of the molecule is CNC(Cc1cccs1)c1ccc(Br)cc1C. The van der Waals surface area contributed by atoms with Gasteiger partial charge < -0.3 is 5.32 Å². The molecule has 1 atom stereocenters. The van der Waals surface area contributed by atoms with Crippen molar-refractivity contribution in [3.8, 4) is 0 Å². The molecule has 0 aliphatic rings. The molecular formula is C14H16BrNS. The maximum atomic E-state index is 3.51. The monoisotopic (exact) mass is 309 g/mol. The second kappa shape index (κ2) is 5.80. The number of likely N-dealkylation sites (N-methyl/N-ethyl adjacent to an activating group) is 1. The Morgan fingerprint density at radius 2 is 2.18 bits per heavy atom. The first-order valence-electron chi connectivity index (χ1n) is 5.66. The van der Waals surface area contributed by atoms with Gasteiger partial charge in [-0.25, -0.2) is 0 Å². The lowest BCUT2D eigenvalue weighted by Crippen LogP contribution is -2.19. The Bertz CT molecular complexity index is 479. The quantitative estimate of drug-likeness (QED) is 0.886. The van der Waals surface area contributed by atoms with Crippen molar-refractivity contribution < 1.29 is 0 Å². The van der Waals surface area contributed by atoms with Crippen molar-refractivity contribution in [3.63, 3.8) is 0 Å². The van der Waals surface area contributed by atoms with Crippen LogP contribution in [0.5, 0.6) is 0 Å². The van der Waals surface area contributed by atoms with Crippen LogP contribution in [0.2, 0.25) is 0 Å². The largest absolute Gasteiger partial charge is 0.313 e. The van der Waals surface area contributed by atoms with E-state index in [0.717, 1.165) is 10.9 Å². The molecule has 2 aromatic rings. The van der Waals surface area contributed by atoms with Crippen molar-refractivity contribution in [1.29, 1.82) is 0 Å². The molecule has 1 aromatic heterocycles. The normalized spacial score (nSPS) is 12.6. The molecule has 0 bridgehead atoms. The first-order chi connectivity index (χ1) is 8.20. The number of hydrogen-bond donors (Lipinski definition) is 1. The molecule has 90 valence electrons. The highest BCUT2D eigenvalue weighted by atomic mass is 79.9. The maximum Gasteiger partial charge on any atom is 0.0368 e. The lowest BCUT2D eigenvalue weighted by molar-refractivity contribution is 0.593. The molecular weight excluding hydrogens is 294 g/mol. The van der Waals surface area contributed by atoms with E-state index in [4.69, 9.17) is 0 Å². The van der Waals surface area contributed by atoms with Crippen LogP contribution in [0.15, 0.2) is 40.2 Å². The summed E-state index contributed by atoms with van der Waals surface area (Å²) >= 11 is 5.33. The molecule has 1 unspecified atom stereocenters. The molecule has 0 saturated carbocycles. The number of aryl methyl sites for hydroxylation is 1. The van der Waals surface area contributed by atoms with Crippen molar-refractivity contribution in [3.05, 3.63) is 56.2 Å². The smallest absolute Gasteiger partial charge is 0.0368 e. The van der Waals surface area contributed by atoms with Crippen LogP contribution in [-0.4, -0.2) is 7.05 Å². The van der Waals surface area contributed by atoms with Gasteiger partial charge in [-0.3, -0.25) is 0 Å². The Labute approximate surface area is 115 Å². The minimum atomic E-state index is 0.391. The van der Waals surface area contributed by atoms with Gasteiger partial charge in [-0.1, -0.05) is 28.1 Å². The Balaban J connectivity index is 2.23. The number of halogens is 1. The van der Waals surface area contributed by atoms with Crippen molar-refractivity contribution >= 4 is 27.3 Å². The van der Waals surface area contributed by atoms with Crippen LogP contribution in [0, 0.1) is 6.92 Å². The van der Waals surface area contributed by atoms with Crippen LogP contribution >= 0.6 is 27.3 Å². The van der Waals surface area contributed by atoms with E-state index in [-0.39, 0.29) is 0 Å². The van der Waals surface area contributed by atoms with E-state index in [9.17, 15) is 0 Å². The summed E-state index contributed by atoms with van der Waals surface area (Å²) < 4.78 is 1.14. The maximum absolute atomic E-state index is 3.51. The molecule has 0 amide bonds. The third-order valence-corrected chi connectivity index (χ3v) is 4.33. The lowest BCUT2D eigenvalue weighted by Gasteiger charge is -2.18. The summed E-state index contributed by atoms with van der Waals surface area (Å²) in [7, 11) is 2.03. The number of nitrogens with one attached hydrogen (secondary N) is 1. The molecule has 0 radical (unpaired) electrons. The topological polar surface area (TPSA) is 12.0 Å². The van der Waals surface area contributed by atoms with Crippen LogP contribution in [0.1, 0.15) is 22.0 Å². The number of rotatable bonds is 4. The van der Waals surface area contributed by atoms with E-state index in [1.807, 2.05) is 18.4 Å². The first kappa shape index (κ1) is 12.8. The minimum Gasteiger partial charge on any atom is -0.313 e. The van der Waals surface area contributed by atoms with Crippen LogP contribution in [-0.2, 0) is 6.42 Å². The Morgan fingerprint density at radius 3 is 2.76 bits per heavy atom. The van der Waals surface area contributed by atoms with E-state index < -0.39 is 0 Å². The molecule has 0 fully saturated rings. The molecule has 1 nitrogen and oxygen atoms in total. The fourth-order valence-electron chi connectivity index (χ4n) is 2.03.